The third-order valence-corrected chi connectivity index (χ3v) is 6.49. The molecule has 22 heavy (non-hydrogen) atoms. The molecule has 0 saturated heterocycles. The monoisotopic (exact) mass is 302 g/mol. The van der Waals surface area contributed by atoms with Gasteiger partial charge in [0.1, 0.15) is 5.82 Å². The molecule has 0 heterocycles. The van der Waals surface area contributed by atoms with Crippen LogP contribution in [0, 0.1) is 17.7 Å². The van der Waals surface area contributed by atoms with E-state index in [0.29, 0.717) is 5.41 Å². The van der Waals surface area contributed by atoms with Gasteiger partial charge < -0.3 is 0 Å². The summed E-state index contributed by atoms with van der Waals surface area (Å²) in [5.74, 6) is 1.70. The number of hydrogen-bond donors (Lipinski definition) is 0. The Hall–Kier alpha value is -0.850. The Labute approximate surface area is 135 Å². The van der Waals surface area contributed by atoms with Gasteiger partial charge in [-0.1, -0.05) is 64.0 Å². The molecule has 1 aromatic rings. The van der Waals surface area contributed by atoms with Gasteiger partial charge in [-0.3, -0.25) is 0 Å². The van der Waals surface area contributed by atoms with E-state index in [1.54, 1.807) is 12.1 Å². The van der Waals surface area contributed by atoms with Crippen molar-refractivity contribution in [2.24, 2.45) is 11.8 Å². The summed E-state index contributed by atoms with van der Waals surface area (Å²) in [4.78, 5) is 0. The first-order valence-corrected chi connectivity index (χ1v) is 9.50. The van der Waals surface area contributed by atoms with E-state index < -0.39 is 0 Å². The van der Waals surface area contributed by atoms with Crippen molar-refractivity contribution in [2.45, 2.75) is 83.0 Å². The van der Waals surface area contributed by atoms with Crippen molar-refractivity contribution >= 4 is 0 Å². The van der Waals surface area contributed by atoms with E-state index in [2.05, 4.69) is 19.1 Å². The quantitative estimate of drug-likeness (QED) is 0.585. The largest absolute Gasteiger partial charge is 0.207 e. The van der Waals surface area contributed by atoms with Crippen LogP contribution >= 0.6 is 0 Å². The lowest BCUT2D eigenvalue weighted by atomic mass is 9.57. The molecule has 1 heteroatoms. The Kier molecular flexibility index (Phi) is 5.21. The van der Waals surface area contributed by atoms with Gasteiger partial charge in [0.15, 0.2) is 0 Å². The lowest BCUT2D eigenvalue weighted by Gasteiger charge is -2.47. The van der Waals surface area contributed by atoms with E-state index in [4.69, 9.17) is 0 Å². The summed E-state index contributed by atoms with van der Waals surface area (Å²) in [6.07, 6.45) is 15.1. The lowest BCUT2D eigenvalue weighted by molar-refractivity contribution is 0.125. The van der Waals surface area contributed by atoms with E-state index >= 15 is 0 Å². The number of halogens is 1. The molecular formula is C21H31F. The first-order chi connectivity index (χ1) is 10.7. The molecule has 0 radical (unpaired) electrons. The standard InChI is InChI=1S/C21H31F/c1-2-6-17-7-9-18(10-8-17)21(15-4-3-5-16-21)19-11-13-20(22)14-12-19/h11-14,17-18H,2-10,15-16H2,1H3. The van der Waals surface area contributed by atoms with Crippen molar-refractivity contribution in [3.8, 4) is 0 Å². The highest BCUT2D eigenvalue weighted by molar-refractivity contribution is 5.28. The SMILES string of the molecule is CCCC1CCC(C2(c3ccc(F)cc3)CCCCC2)CC1. The smallest absolute Gasteiger partial charge is 0.123 e. The van der Waals surface area contributed by atoms with E-state index in [1.165, 1.54) is 76.2 Å². The Balaban J connectivity index is 1.79. The van der Waals surface area contributed by atoms with Crippen LogP contribution in [0.15, 0.2) is 24.3 Å². The first kappa shape index (κ1) is 16.0. The van der Waals surface area contributed by atoms with Crippen LogP contribution in [0.25, 0.3) is 0 Å². The van der Waals surface area contributed by atoms with Crippen molar-refractivity contribution in [2.75, 3.05) is 0 Å². The molecule has 2 fully saturated rings. The summed E-state index contributed by atoms with van der Waals surface area (Å²) in [6.45, 7) is 2.31. The summed E-state index contributed by atoms with van der Waals surface area (Å²) in [5.41, 5.74) is 1.77. The molecule has 0 atom stereocenters. The zero-order valence-electron chi connectivity index (χ0n) is 14.1. The van der Waals surface area contributed by atoms with Gasteiger partial charge in [-0.2, -0.15) is 0 Å². The third kappa shape index (κ3) is 3.24. The van der Waals surface area contributed by atoms with E-state index in [9.17, 15) is 4.39 Å². The van der Waals surface area contributed by atoms with E-state index in [-0.39, 0.29) is 5.82 Å². The van der Waals surface area contributed by atoms with Crippen LogP contribution in [-0.2, 0) is 5.41 Å². The molecule has 0 amide bonds. The van der Waals surface area contributed by atoms with Gasteiger partial charge in [0.2, 0.25) is 0 Å². The fraction of sp³-hybridized carbons (Fsp3) is 0.714. The second-order valence-corrected chi connectivity index (χ2v) is 7.73. The maximum absolute atomic E-state index is 13.4. The Morgan fingerprint density at radius 3 is 2.18 bits per heavy atom. The minimum Gasteiger partial charge on any atom is -0.207 e. The minimum atomic E-state index is -0.0960. The Morgan fingerprint density at radius 2 is 1.59 bits per heavy atom. The summed E-state index contributed by atoms with van der Waals surface area (Å²) in [5, 5.41) is 0. The molecule has 0 nitrogen and oxygen atoms in total. The minimum absolute atomic E-state index is 0.0960. The van der Waals surface area contributed by atoms with Gasteiger partial charge in [0.05, 0.1) is 0 Å². The molecule has 2 aliphatic carbocycles. The zero-order valence-corrected chi connectivity index (χ0v) is 14.1. The molecule has 0 aliphatic heterocycles. The summed E-state index contributed by atoms with van der Waals surface area (Å²) in [7, 11) is 0. The van der Waals surface area contributed by atoms with Crippen LogP contribution in [0.3, 0.4) is 0 Å². The molecular weight excluding hydrogens is 271 g/mol. The second kappa shape index (κ2) is 7.15. The van der Waals surface area contributed by atoms with Gasteiger partial charge in [0, 0.05) is 0 Å². The summed E-state index contributed by atoms with van der Waals surface area (Å²) < 4.78 is 13.4. The predicted molar refractivity (Wildman–Crippen MR) is 91.5 cm³/mol. The first-order valence-electron chi connectivity index (χ1n) is 9.50. The number of hydrogen-bond acceptors (Lipinski definition) is 0. The second-order valence-electron chi connectivity index (χ2n) is 7.73. The Bertz CT molecular complexity index is 447. The third-order valence-electron chi connectivity index (χ3n) is 6.49. The zero-order chi connectivity index (χ0) is 15.4. The molecule has 0 bridgehead atoms. The molecule has 2 saturated carbocycles. The van der Waals surface area contributed by atoms with E-state index in [1.807, 2.05) is 0 Å². The van der Waals surface area contributed by atoms with Gasteiger partial charge >= 0.3 is 0 Å². The van der Waals surface area contributed by atoms with Crippen LogP contribution in [0.5, 0.6) is 0 Å². The average molecular weight is 302 g/mol. The van der Waals surface area contributed by atoms with Crippen LogP contribution in [0.1, 0.15) is 83.1 Å². The fourth-order valence-electron chi connectivity index (χ4n) is 5.31. The van der Waals surface area contributed by atoms with Gasteiger partial charge in [-0.15, -0.1) is 0 Å². The topological polar surface area (TPSA) is 0 Å². The molecule has 122 valence electrons. The highest BCUT2D eigenvalue weighted by Gasteiger charge is 2.42. The molecule has 0 spiro atoms. The van der Waals surface area contributed by atoms with Gasteiger partial charge in [0.25, 0.3) is 0 Å². The summed E-state index contributed by atoms with van der Waals surface area (Å²) in [6, 6.07) is 7.51. The van der Waals surface area contributed by atoms with Crippen LogP contribution in [0.2, 0.25) is 0 Å². The van der Waals surface area contributed by atoms with Gasteiger partial charge in [-0.25, -0.2) is 4.39 Å². The average Bonchev–Trinajstić information content (AvgIpc) is 2.57. The van der Waals surface area contributed by atoms with Crippen molar-refractivity contribution in [1.82, 2.24) is 0 Å². The molecule has 0 unspecified atom stereocenters. The Morgan fingerprint density at radius 1 is 0.955 bits per heavy atom. The number of rotatable bonds is 4. The summed E-state index contributed by atoms with van der Waals surface area (Å²) >= 11 is 0. The molecule has 0 N–H and O–H groups in total. The van der Waals surface area contributed by atoms with E-state index in [0.717, 1.165) is 11.8 Å². The normalized spacial score (nSPS) is 28.5. The van der Waals surface area contributed by atoms with Crippen LogP contribution < -0.4 is 0 Å². The van der Waals surface area contributed by atoms with Gasteiger partial charge in [-0.05, 0) is 60.6 Å². The van der Waals surface area contributed by atoms with Crippen LogP contribution in [-0.4, -0.2) is 0 Å². The fourth-order valence-corrected chi connectivity index (χ4v) is 5.31. The van der Waals surface area contributed by atoms with Crippen LogP contribution in [0.4, 0.5) is 4.39 Å². The molecule has 3 rings (SSSR count). The van der Waals surface area contributed by atoms with Crippen molar-refractivity contribution in [1.29, 1.82) is 0 Å². The highest BCUT2D eigenvalue weighted by atomic mass is 19.1. The van der Waals surface area contributed by atoms with Crippen molar-refractivity contribution in [3.63, 3.8) is 0 Å². The highest BCUT2D eigenvalue weighted by Crippen LogP contribution is 2.51. The van der Waals surface area contributed by atoms with Crippen molar-refractivity contribution in [3.05, 3.63) is 35.6 Å². The molecule has 0 aromatic heterocycles. The lowest BCUT2D eigenvalue weighted by Crippen LogP contribution is -2.39. The molecule has 1 aromatic carbocycles. The molecule has 2 aliphatic rings. The number of benzene rings is 1. The maximum Gasteiger partial charge on any atom is 0.123 e. The maximum atomic E-state index is 13.4. The predicted octanol–water partition coefficient (Wildman–Crippen LogP) is 6.63. The van der Waals surface area contributed by atoms with Crippen molar-refractivity contribution < 1.29 is 4.39 Å².